The van der Waals surface area contributed by atoms with Gasteiger partial charge in [-0.15, -0.1) is 0 Å². The number of rotatable bonds is 8. The lowest BCUT2D eigenvalue weighted by molar-refractivity contribution is -0.676. The van der Waals surface area contributed by atoms with Crippen molar-refractivity contribution in [2.75, 3.05) is 13.1 Å². The second kappa shape index (κ2) is 9.73. The van der Waals surface area contributed by atoms with Crippen molar-refractivity contribution in [2.45, 2.75) is 32.9 Å². The van der Waals surface area contributed by atoms with Gasteiger partial charge in [-0.2, -0.15) is 0 Å². The van der Waals surface area contributed by atoms with Gasteiger partial charge in [-0.25, -0.2) is 0 Å². The highest BCUT2D eigenvalue weighted by Gasteiger charge is 2.20. The smallest absolute Gasteiger partial charge is 0.275 e. The second-order valence-corrected chi connectivity index (χ2v) is 6.42. The molecule has 0 saturated heterocycles. The molecule has 0 spiro atoms. The van der Waals surface area contributed by atoms with Gasteiger partial charge in [0.25, 0.3) is 5.91 Å². The number of carbonyl (C=O) groups is 2. The summed E-state index contributed by atoms with van der Waals surface area (Å²) in [5.74, 6) is -0.323. The first-order valence-electron chi connectivity index (χ1n) is 9.03. The van der Waals surface area contributed by atoms with Crippen LogP contribution in [0.3, 0.4) is 0 Å². The largest absolute Gasteiger partial charge is 0.355 e. The molecule has 4 N–H and O–H groups in total. The highest BCUT2D eigenvalue weighted by atomic mass is 16.2. The Balaban J connectivity index is 2.04. The lowest BCUT2D eigenvalue weighted by Crippen LogP contribution is -2.88. The Morgan fingerprint density at radius 1 is 1.00 bits per heavy atom. The van der Waals surface area contributed by atoms with E-state index in [1.807, 2.05) is 30.4 Å². The summed E-state index contributed by atoms with van der Waals surface area (Å²) in [4.78, 5) is 24.0. The molecular weight excluding hydrogens is 326 g/mol. The average molecular weight is 354 g/mol. The summed E-state index contributed by atoms with van der Waals surface area (Å²) >= 11 is 0. The van der Waals surface area contributed by atoms with Crippen molar-refractivity contribution >= 4 is 11.8 Å². The molecule has 0 aliphatic carbocycles. The third-order valence-corrected chi connectivity index (χ3v) is 4.26. The third-order valence-electron chi connectivity index (χ3n) is 4.26. The Labute approximate surface area is 155 Å². The van der Waals surface area contributed by atoms with Crippen molar-refractivity contribution in [2.24, 2.45) is 0 Å². The molecular formula is C21H28N3O2+. The predicted molar refractivity (Wildman–Crippen MR) is 103 cm³/mol. The maximum Gasteiger partial charge on any atom is 0.275 e. The molecule has 0 radical (unpaired) electrons. The quantitative estimate of drug-likeness (QED) is 0.668. The van der Waals surface area contributed by atoms with Crippen LogP contribution in [-0.2, 0) is 9.59 Å². The summed E-state index contributed by atoms with van der Waals surface area (Å²) in [6, 6.07) is 18.0. The summed E-state index contributed by atoms with van der Waals surface area (Å²) in [5, 5.41) is 7.46. The number of aryl methyl sites for hydroxylation is 1. The number of nitrogens with two attached hydrogens (primary N) is 1. The van der Waals surface area contributed by atoms with Gasteiger partial charge in [0.2, 0.25) is 5.91 Å². The minimum absolute atomic E-state index is 0.0299. The van der Waals surface area contributed by atoms with Gasteiger partial charge in [0, 0.05) is 17.7 Å². The summed E-state index contributed by atoms with van der Waals surface area (Å²) < 4.78 is 0. The van der Waals surface area contributed by atoms with Gasteiger partial charge >= 0.3 is 0 Å². The molecule has 26 heavy (non-hydrogen) atoms. The molecule has 2 aromatic carbocycles. The summed E-state index contributed by atoms with van der Waals surface area (Å²) in [7, 11) is 0. The van der Waals surface area contributed by atoms with Crippen LogP contribution < -0.4 is 16.0 Å². The fraction of sp³-hybridized carbons (Fsp3) is 0.333. The van der Waals surface area contributed by atoms with Gasteiger partial charge < -0.3 is 16.0 Å². The fourth-order valence-electron chi connectivity index (χ4n) is 2.82. The van der Waals surface area contributed by atoms with E-state index in [0.29, 0.717) is 6.54 Å². The lowest BCUT2D eigenvalue weighted by atomic mass is 9.98. The van der Waals surface area contributed by atoms with E-state index in [2.05, 4.69) is 54.0 Å². The molecule has 0 saturated carbocycles. The van der Waals surface area contributed by atoms with E-state index in [1.54, 1.807) is 6.92 Å². The number of hydrogen-bond acceptors (Lipinski definition) is 2. The first kappa shape index (κ1) is 19.7. The van der Waals surface area contributed by atoms with Crippen LogP contribution in [0.15, 0.2) is 54.6 Å². The van der Waals surface area contributed by atoms with Crippen molar-refractivity contribution in [1.29, 1.82) is 0 Å². The van der Waals surface area contributed by atoms with Crippen LogP contribution in [-0.4, -0.2) is 30.9 Å². The predicted octanol–water partition coefficient (Wildman–Crippen LogP) is 1.29. The van der Waals surface area contributed by atoms with E-state index in [9.17, 15) is 9.59 Å². The molecule has 2 amide bonds. The van der Waals surface area contributed by atoms with E-state index in [4.69, 9.17) is 0 Å². The molecule has 2 atom stereocenters. The zero-order valence-electron chi connectivity index (χ0n) is 15.7. The van der Waals surface area contributed by atoms with Crippen LogP contribution >= 0.6 is 0 Å². The van der Waals surface area contributed by atoms with Crippen LogP contribution in [0.25, 0.3) is 0 Å². The fourth-order valence-corrected chi connectivity index (χ4v) is 2.82. The Bertz CT molecular complexity index is 714. The summed E-state index contributed by atoms with van der Waals surface area (Å²) in [6.45, 7) is 6.40. The standard InChI is InChI=1S/C21H27N3O2/c1-4-22-21(26)16(3)24-19(25)14-23-20(17-8-6-5-7-9-17)18-12-10-15(2)11-13-18/h5-13,16,20,23H,4,14H2,1-3H3,(H,22,26)(H,24,25)/p+1/t16-,20+/m0/s1. The Morgan fingerprint density at radius 2 is 1.62 bits per heavy atom. The minimum atomic E-state index is -0.537. The number of likely N-dealkylation sites (N-methyl/N-ethyl adjacent to an activating group) is 1. The topological polar surface area (TPSA) is 74.8 Å². The van der Waals surface area contributed by atoms with Crippen molar-refractivity contribution in [3.63, 3.8) is 0 Å². The van der Waals surface area contributed by atoms with Crippen LogP contribution in [0, 0.1) is 6.92 Å². The molecule has 2 aromatic rings. The Kier molecular flexibility index (Phi) is 7.36. The molecule has 0 aliphatic heterocycles. The molecule has 0 heterocycles. The van der Waals surface area contributed by atoms with Gasteiger partial charge in [0.15, 0.2) is 6.54 Å². The molecule has 5 heteroatoms. The highest BCUT2D eigenvalue weighted by Crippen LogP contribution is 2.18. The van der Waals surface area contributed by atoms with Crippen LogP contribution in [0.4, 0.5) is 0 Å². The van der Waals surface area contributed by atoms with Gasteiger partial charge in [-0.3, -0.25) is 9.59 Å². The molecule has 0 unspecified atom stereocenters. The van der Waals surface area contributed by atoms with Gasteiger partial charge in [0.05, 0.1) is 0 Å². The van der Waals surface area contributed by atoms with E-state index < -0.39 is 6.04 Å². The maximum atomic E-state index is 12.3. The zero-order valence-corrected chi connectivity index (χ0v) is 15.7. The molecule has 0 bridgehead atoms. The van der Waals surface area contributed by atoms with Crippen LogP contribution in [0.5, 0.6) is 0 Å². The number of nitrogens with one attached hydrogen (secondary N) is 2. The van der Waals surface area contributed by atoms with Gasteiger partial charge in [-0.05, 0) is 20.8 Å². The normalized spacial score (nSPS) is 12.9. The van der Waals surface area contributed by atoms with Crippen molar-refractivity contribution < 1.29 is 14.9 Å². The number of hydrogen-bond donors (Lipinski definition) is 3. The molecule has 138 valence electrons. The number of benzene rings is 2. The van der Waals surface area contributed by atoms with Crippen molar-refractivity contribution in [1.82, 2.24) is 10.6 Å². The monoisotopic (exact) mass is 354 g/mol. The zero-order chi connectivity index (χ0) is 18.9. The Morgan fingerprint density at radius 3 is 2.23 bits per heavy atom. The highest BCUT2D eigenvalue weighted by molar-refractivity contribution is 5.87. The average Bonchev–Trinajstić information content (AvgIpc) is 2.64. The van der Waals surface area contributed by atoms with Crippen molar-refractivity contribution in [3.8, 4) is 0 Å². The maximum absolute atomic E-state index is 12.3. The first-order chi connectivity index (χ1) is 12.5. The molecule has 0 aliphatic rings. The first-order valence-corrected chi connectivity index (χ1v) is 9.03. The lowest BCUT2D eigenvalue weighted by Gasteiger charge is -2.18. The number of amides is 2. The summed E-state index contributed by atoms with van der Waals surface area (Å²) in [6.07, 6.45) is 0. The van der Waals surface area contributed by atoms with E-state index in [-0.39, 0.29) is 24.4 Å². The molecule has 0 fully saturated rings. The number of carbonyl (C=O) groups excluding carboxylic acids is 2. The van der Waals surface area contributed by atoms with Crippen LogP contribution in [0.2, 0.25) is 0 Å². The van der Waals surface area contributed by atoms with Gasteiger partial charge in [-0.1, -0.05) is 60.2 Å². The number of quaternary nitrogens is 1. The second-order valence-electron chi connectivity index (χ2n) is 6.42. The van der Waals surface area contributed by atoms with Gasteiger partial charge in [0.1, 0.15) is 12.1 Å². The third kappa shape index (κ3) is 5.70. The summed E-state index contributed by atoms with van der Waals surface area (Å²) in [5.41, 5.74) is 3.49. The molecule has 0 aromatic heterocycles. The molecule has 5 nitrogen and oxygen atoms in total. The van der Waals surface area contributed by atoms with Crippen molar-refractivity contribution in [3.05, 3.63) is 71.3 Å². The van der Waals surface area contributed by atoms with E-state index in [1.165, 1.54) is 5.56 Å². The van der Waals surface area contributed by atoms with Crippen LogP contribution in [0.1, 0.15) is 36.6 Å². The van der Waals surface area contributed by atoms with E-state index in [0.717, 1.165) is 11.1 Å². The molecule has 2 rings (SSSR count). The SMILES string of the molecule is CCNC(=O)[C@H](C)NC(=O)C[NH2+][C@H](c1ccccc1)c1ccc(C)cc1. The van der Waals surface area contributed by atoms with E-state index >= 15 is 0 Å². The Hall–Kier alpha value is -2.66. The minimum Gasteiger partial charge on any atom is -0.355 e.